The van der Waals surface area contributed by atoms with Gasteiger partial charge in [-0.1, -0.05) is 27.7 Å². The second-order valence-corrected chi connectivity index (χ2v) is 9.83. The monoisotopic (exact) mass is 346 g/mol. The van der Waals surface area contributed by atoms with E-state index < -0.39 is 10.0 Å². The van der Waals surface area contributed by atoms with Crippen LogP contribution < -0.4 is 0 Å². The zero-order chi connectivity index (χ0) is 17.6. The van der Waals surface area contributed by atoms with Gasteiger partial charge in [-0.05, 0) is 64.5 Å². The van der Waals surface area contributed by atoms with E-state index in [-0.39, 0.29) is 5.25 Å². The molecule has 2 heterocycles. The number of hydrogen-bond acceptors (Lipinski definition) is 3. The van der Waals surface area contributed by atoms with E-state index in [9.17, 15) is 8.42 Å². The second-order valence-electron chi connectivity index (χ2n) is 7.34. The number of rotatable bonds is 4. The van der Waals surface area contributed by atoms with Crippen molar-refractivity contribution in [1.29, 1.82) is 0 Å². The molecular formula is C18H38N2O2S. The molecule has 0 atom stereocenters. The summed E-state index contributed by atoms with van der Waals surface area (Å²) in [5.41, 5.74) is 0. The molecule has 0 bridgehead atoms. The zero-order valence-corrected chi connectivity index (χ0v) is 16.9. The SMILES string of the molecule is CC.CC(C)C1CCN(C2CCN(S(=O)(=O)C(C)C)CC2)CC1. The van der Waals surface area contributed by atoms with Crippen LogP contribution in [0.5, 0.6) is 0 Å². The molecule has 23 heavy (non-hydrogen) atoms. The largest absolute Gasteiger partial charge is 0.300 e. The quantitative estimate of drug-likeness (QED) is 0.781. The smallest absolute Gasteiger partial charge is 0.216 e. The lowest BCUT2D eigenvalue weighted by Crippen LogP contribution is -2.50. The Bertz CT molecular complexity index is 418. The third kappa shape index (κ3) is 5.43. The predicted molar refractivity (Wildman–Crippen MR) is 99.1 cm³/mol. The Morgan fingerprint density at radius 2 is 1.30 bits per heavy atom. The summed E-state index contributed by atoms with van der Waals surface area (Å²) in [5.74, 6) is 1.67. The second kappa shape index (κ2) is 9.38. The zero-order valence-electron chi connectivity index (χ0n) is 16.1. The average molecular weight is 347 g/mol. The van der Waals surface area contributed by atoms with Crippen LogP contribution in [0.2, 0.25) is 0 Å². The Hall–Kier alpha value is -0.130. The van der Waals surface area contributed by atoms with Crippen LogP contribution in [0.1, 0.15) is 67.2 Å². The van der Waals surface area contributed by atoms with E-state index in [1.165, 1.54) is 25.9 Å². The van der Waals surface area contributed by atoms with Gasteiger partial charge in [-0.3, -0.25) is 0 Å². The molecule has 2 aliphatic heterocycles. The van der Waals surface area contributed by atoms with E-state index in [2.05, 4.69) is 18.7 Å². The lowest BCUT2D eigenvalue weighted by molar-refractivity contribution is 0.0854. The number of hydrogen-bond donors (Lipinski definition) is 0. The van der Waals surface area contributed by atoms with E-state index >= 15 is 0 Å². The Balaban J connectivity index is 0.00000127. The Labute approximate surface area is 144 Å². The van der Waals surface area contributed by atoms with Crippen molar-refractivity contribution in [2.45, 2.75) is 78.5 Å². The maximum Gasteiger partial charge on any atom is 0.216 e. The third-order valence-electron chi connectivity index (χ3n) is 5.41. The van der Waals surface area contributed by atoms with Gasteiger partial charge >= 0.3 is 0 Å². The summed E-state index contributed by atoms with van der Waals surface area (Å²) < 4.78 is 26.1. The molecule has 2 aliphatic rings. The summed E-state index contributed by atoms with van der Waals surface area (Å²) >= 11 is 0. The van der Waals surface area contributed by atoms with Gasteiger partial charge < -0.3 is 4.90 Å². The van der Waals surface area contributed by atoms with Crippen molar-refractivity contribution in [3.8, 4) is 0 Å². The molecule has 0 aromatic rings. The predicted octanol–water partition coefficient (Wildman–Crippen LogP) is 3.58. The number of piperidine rings is 2. The Morgan fingerprint density at radius 1 is 0.826 bits per heavy atom. The molecule has 0 aromatic heterocycles. The normalized spacial score (nSPS) is 23.1. The maximum atomic E-state index is 12.2. The van der Waals surface area contributed by atoms with E-state index in [1.807, 2.05) is 13.8 Å². The highest BCUT2D eigenvalue weighted by atomic mass is 32.2. The van der Waals surface area contributed by atoms with Gasteiger partial charge in [0.05, 0.1) is 5.25 Å². The van der Waals surface area contributed by atoms with Crippen molar-refractivity contribution in [1.82, 2.24) is 9.21 Å². The molecule has 0 aromatic carbocycles. The van der Waals surface area contributed by atoms with E-state index in [0.717, 1.165) is 24.7 Å². The average Bonchev–Trinajstić information content (AvgIpc) is 2.56. The van der Waals surface area contributed by atoms with Crippen molar-refractivity contribution in [3.63, 3.8) is 0 Å². The summed E-state index contributed by atoms with van der Waals surface area (Å²) in [7, 11) is -3.06. The van der Waals surface area contributed by atoms with Crippen molar-refractivity contribution in [3.05, 3.63) is 0 Å². The van der Waals surface area contributed by atoms with Gasteiger partial charge in [-0.2, -0.15) is 0 Å². The van der Waals surface area contributed by atoms with Crippen LogP contribution in [0.25, 0.3) is 0 Å². The minimum atomic E-state index is -3.06. The van der Waals surface area contributed by atoms with Crippen LogP contribution in [0, 0.1) is 11.8 Å². The molecule has 0 saturated carbocycles. The van der Waals surface area contributed by atoms with Crippen LogP contribution in [-0.4, -0.2) is 55.1 Å². The highest BCUT2D eigenvalue weighted by Crippen LogP contribution is 2.28. The minimum Gasteiger partial charge on any atom is -0.300 e. The molecule has 2 fully saturated rings. The Kier molecular flexibility index (Phi) is 8.53. The molecule has 4 nitrogen and oxygen atoms in total. The van der Waals surface area contributed by atoms with E-state index in [4.69, 9.17) is 0 Å². The van der Waals surface area contributed by atoms with Crippen molar-refractivity contribution in [2.24, 2.45) is 11.8 Å². The van der Waals surface area contributed by atoms with Gasteiger partial charge in [-0.15, -0.1) is 0 Å². The fourth-order valence-corrected chi connectivity index (χ4v) is 5.03. The summed E-state index contributed by atoms with van der Waals surface area (Å²) in [6.45, 7) is 16.0. The number of sulfonamides is 1. The summed E-state index contributed by atoms with van der Waals surface area (Å²) in [4.78, 5) is 2.61. The molecular weight excluding hydrogens is 308 g/mol. The maximum absolute atomic E-state index is 12.2. The highest BCUT2D eigenvalue weighted by Gasteiger charge is 2.33. The molecule has 0 aliphatic carbocycles. The minimum absolute atomic E-state index is 0.296. The standard InChI is InChI=1S/C16H32N2O2S.C2H6/c1-13(2)15-5-9-17(10-6-15)16-7-11-18(12-8-16)21(19,20)14(3)4;1-2/h13-16H,5-12H2,1-4H3;1-2H3. The van der Waals surface area contributed by atoms with Crippen LogP contribution in [0.3, 0.4) is 0 Å². The molecule has 2 saturated heterocycles. The van der Waals surface area contributed by atoms with E-state index in [1.54, 1.807) is 18.2 Å². The first-order valence-corrected chi connectivity index (χ1v) is 11.1. The summed E-state index contributed by atoms with van der Waals surface area (Å²) in [5, 5.41) is -0.296. The molecule has 0 radical (unpaired) electrons. The fourth-order valence-electron chi connectivity index (χ4n) is 3.71. The van der Waals surface area contributed by atoms with Crippen molar-refractivity contribution in [2.75, 3.05) is 26.2 Å². The van der Waals surface area contributed by atoms with Gasteiger partial charge in [0.15, 0.2) is 0 Å². The van der Waals surface area contributed by atoms with Gasteiger partial charge in [0.1, 0.15) is 0 Å². The van der Waals surface area contributed by atoms with Gasteiger partial charge in [0, 0.05) is 19.1 Å². The van der Waals surface area contributed by atoms with Crippen LogP contribution in [0.15, 0.2) is 0 Å². The van der Waals surface area contributed by atoms with E-state index in [0.29, 0.717) is 19.1 Å². The van der Waals surface area contributed by atoms with Crippen LogP contribution in [0.4, 0.5) is 0 Å². The molecule has 2 rings (SSSR count). The first kappa shape index (κ1) is 20.9. The molecule has 0 N–H and O–H groups in total. The van der Waals surface area contributed by atoms with Crippen LogP contribution >= 0.6 is 0 Å². The number of nitrogens with zero attached hydrogens (tertiary/aromatic N) is 2. The first-order chi connectivity index (χ1) is 10.8. The third-order valence-corrected chi connectivity index (χ3v) is 7.69. The van der Waals surface area contributed by atoms with Gasteiger partial charge in [0.25, 0.3) is 0 Å². The summed E-state index contributed by atoms with van der Waals surface area (Å²) in [6.07, 6.45) is 4.61. The lowest BCUT2D eigenvalue weighted by atomic mass is 9.85. The van der Waals surface area contributed by atoms with Gasteiger partial charge in [-0.25, -0.2) is 12.7 Å². The molecule has 138 valence electrons. The van der Waals surface area contributed by atoms with Crippen molar-refractivity contribution < 1.29 is 8.42 Å². The lowest BCUT2D eigenvalue weighted by Gasteiger charge is -2.42. The van der Waals surface area contributed by atoms with Gasteiger partial charge in [0.2, 0.25) is 10.0 Å². The molecule has 5 heteroatoms. The summed E-state index contributed by atoms with van der Waals surface area (Å²) in [6, 6.07) is 0.594. The first-order valence-electron chi connectivity index (χ1n) is 9.55. The fraction of sp³-hybridized carbons (Fsp3) is 1.00. The molecule has 0 spiro atoms. The Morgan fingerprint density at radius 3 is 1.70 bits per heavy atom. The van der Waals surface area contributed by atoms with Crippen molar-refractivity contribution >= 4 is 10.0 Å². The van der Waals surface area contributed by atoms with Crippen LogP contribution in [-0.2, 0) is 10.0 Å². The topological polar surface area (TPSA) is 40.6 Å². The molecule has 0 unspecified atom stereocenters. The number of likely N-dealkylation sites (tertiary alicyclic amines) is 1. The highest BCUT2D eigenvalue weighted by molar-refractivity contribution is 7.89. The molecule has 0 amide bonds.